The van der Waals surface area contributed by atoms with Crippen molar-refractivity contribution in [1.82, 2.24) is 5.32 Å². The molecule has 0 aromatic rings. The molecule has 3 N–H and O–H groups in total. The third-order valence-corrected chi connectivity index (χ3v) is 3.70. The number of amides is 1. The molecule has 0 radical (unpaired) electrons. The first-order valence-corrected chi connectivity index (χ1v) is 7.19. The fourth-order valence-corrected chi connectivity index (χ4v) is 2.56. The number of carbonyl (C=O) groups excluding carboxylic acids is 1. The van der Waals surface area contributed by atoms with Crippen molar-refractivity contribution in [1.29, 1.82) is 0 Å². The molecule has 1 saturated carbocycles. The molecule has 0 aromatic carbocycles. The lowest BCUT2D eigenvalue weighted by atomic mass is 10.0. The summed E-state index contributed by atoms with van der Waals surface area (Å²) >= 11 is 0. The lowest BCUT2D eigenvalue weighted by Crippen LogP contribution is -2.34. The molecule has 0 spiro atoms. The van der Waals surface area contributed by atoms with Gasteiger partial charge in [0.25, 0.3) is 0 Å². The molecule has 0 aliphatic heterocycles. The van der Waals surface area contributed by atoms with Crippen molar-refractivity contribution in [3.63, 3.8) is 0 Å². The maximum absolute atomic E-state index is 11.9. The van der Waals surface area contributed by atoms with Gasteiger partial charge >= 0.3 is 0 Å². The zero-order valence-electron chi connectivity index (χ0n) is 11.9. The average molecular weight is 256 g/mol. The molecule has 4 nitrogen and oxygen atoms in total. The SMILES string of the molecule is CCOC(CCNC(=O)C1CCC(N)C1)C(C)C. The molecule has 1 fully saturated rings. The van der Waals surface area contributed by atoms with E-state index in [-0.39, 0.29) is 24.0 Å². The molecule has 4 heteroatoms. The Labute approximate surface area is 111 Å². The van der Waals surface area contributed by atoms with E-state index in [1.807, 2.05) is 6.92 Å². The summed E-state index contributed by atoms with van der Waals surface area (Å²) in [6.07, 6.45) is 3.87. The molecule has 0 saturated heterocycles. The van der Waals surface area contributed by atoms with Gasteiger partial charge in [0.05, 0.1) is 6.10 Å². The minimum absolute atomic E-state index is 0.129. The maximum atomic E-state index is 11.9. The van der Waals surface area contributed by atoms with Gasteiger partial charge in [0, 0.05) is 25.1 Å². The molecule has 1 aliphatic rings. The second-order valence-electron chi connectivity index (χ2n) is 5.59. The number of hydrogen-bond donors (Lipinski definition) is 2. The van der Waals surface area contributed by atoms with Crippen LogP contribution in [0.3, 0.4) is 0 Å². The van der Waals surface area contributed by atoms with Crippen molar-refractivity contribution in [2.75, 3.05) is 13.2 Å². The lowest BCUT2D eigenvalue weighted by Gasteiger charge is -2.21. The topological polar surface area (TPSA) is 64.3 Å². The Morgan fingerprint density at radius 3 is 2.67 bits per heavy atom. The first-order valence-electron chi connectivity index (χ1n) is 7.19. The first-order chi connectivity index (χ1) is 8.54. The number of hydrogen-bond acceptors (Lipinski definition) is 3. The highest BCUT2D eigenvalue weighted by Gasteiger charge is 2.27. The Kier molecular flexibility index (Phi) is 6.65. The van der Waals surface area contributed by atoms with Crippen molar-refractivity contribution in [2.45, 2.75) is 58.6 Å². The molecule has 1 aliphatic carbocycles. The quantitative estimate of drug-likeness (QED) is 0.728. The van der Waals surface area contributed by atoms with Crippen LogP contribution >= 0.6 is 0 Å². The van der Waals surface area contributed by atoms with E-state index in [0.29, 0.717) is 12.5 Å². The second-order valence-corrected chi connectivity index (χ2v) is 5.59. The van der Waals surface area contributed by atoms with E-state index in [1.54, 1.807) is 0 Å². The van der Waals surface area contributed by atoms with Gasteiger partial charge in [0.2, 0.25) is 5.91 Å². The van der Waals surface area contributed by atoms with Crippen LogP contribution in [0.15, 0.2) is 0 Å². The van der Waals surface area contributed by atoms with E-state index < -0.39 is 0 Å². The van der Waals surface area contributed by atoms with E-state index in [1.165, 1.54) is 0 Å². The van der Waals surface area contributed by atoms with Crippen LogP contribution in [0.4, 0.5) is 0 Å². The summed E-state index contributed by atoms with van der Waals surface area (Å²) in [5.74, 6) is 0.785. The Hall–Kier alpha value is -0.610. The van der Waals surface area contributed by atoms with Crippen molar-refractivity contribution < 1.29 is 9.53 Å². The summed E-state index contributed by atoms with van der Waals surface area (Å²) in [6, 6.07) is 0.215. The predicted octanol–water partition coefficient (Wildman–Crippen LogP) is 1.68. The van der Waals surface area contributed by atoms with Gasteiger partial charge in [-0.2, -0.15) is 0 Å². The van der Waals surface area contributed by atoms with Gasteiger partial charge in [-0.25, -0.2) is 0 Å². The van der Waals surface area contributed by atoms with E-state index in [2.05, 4.69) is 19.2 Å². The van der Waals surface area contributed by atoms with Crippen LogP contribution < -0.4 is 11.1 Å². The molecule has 3 unspecified atom stereocenters. The van der Waals surface area contributed by atoms with Gasteiger partial charge in [0.1, 0.15) is 0 Å². The van der Waals surface area contributed by atoms with Crippen LogP contribution in [0.5, 0.6) is 0 Å². The Morgan fingerprint density at radius 1 is 1.44 bits per heavy atom. The summed E-state index contributed by atoms with van der Waals surface area (Å²) < 4.78 is 5.66. The van der Waals surface area contributed by atoms with Gasteiger partial charge < -0.3 is 15.8 Å². The van der Waals surface area contributed by atoms with Crippen molar-refractivity contribution in [3.8, 4) is 0 Å². The Bertz CT molecular complexity index is 256. The number of rotatable bonds is 7. The summed E-state index contributed by atoms with van der Waals surface area (Å²) in [4.78, 5) is 11.9. The predicted molar refractivity (Wildman–Crippen MR) is 73.2 cm³/mol. The molecule has 1 amide bonds. The van der Waals surface area contributed by atoms with Crippen molar-refractivity contribution >= 4 is 5.91 Å². The largest absolute Gasteiger partial charge is 0.378 e. The molecule has 106 valence electrons. The van der Waals surface area contributed by atoms with Crippen molar-refractivity contribution in [3.05, 3.63) is 0 Å². The molecule has 18 heavy (non-hydrogen) atoms. The summed E-state index contributed by atoms with van der Waals surface area (Å²) in [6.45, 7) is 7.74. The summed E-state index contributed by atoms with van der Waals surface area (Å²) in [7, 11) is 0. The number of carbonyl (C=O) groups is 1. The summed E-state index contributed by atoms with van der Waals surface area (Å²) in [5.41, 5.74) is 5.82. The first kappa shape index (κ1) is 15.4. The zero-order chi connectivity index (χ0) is 13.5. The zero-order valence-corrected chi connectivity index (χ0v) is 11.9. The van der Waals surface area contributed by atoms with Gasteiger partial charge in [-0.05, 0) is 38.5 Å². The Balaban J connectivity index is 2.21. The van der Waals surface area contributed by atoms with Crippen LogP contribution in [0, 0.1) is 11.8 Å². The molecular formula is C14H28N2O2. The van der Waals surface area contributed by atoms with Gasteiger partial charge in [-0.1, -0.05) is 13.8 Å². The van der Waals surface area contributed by atoms with Gasteiger partial charge in [-0.15, -0.1) is 0 Å². The second kappa shape index (κ2) is 7.74. The van der Waals surface area contributed by atoms with Crippen LogP contribution in [0.25, 0.3) is 0 Å². The van der Waals surface area contributed by atoms with Crippen LogP contribution in [-0.4, -0.2) is 31.2 Å². The summed E-state index contributed by atoms with van der Waals surface area (Å²) in [5, 5.41) is 3.01. The third kappa shape index (κ3) is 4.94. The van der Waals surface area contributed by atoms with Crippen LogP contribution in [0.2, 0.25) is 0 Å². The molecule has 3 atom stereocenters. The van der Waals surface area contributed by atoms with E-state index in [0.717, 1.165) is 32.3 Å². The van der Waals surface area contributed by atoms with Crippen LogP contribution in [0.1, 0.15) is 46.5 Å². The minimum Gasteiger partial charge on any atom is -0.378 e. The third-order valence-electron chi connectivity index (χ3n) is 3.70. The molecular weight excluding hydrogens is 228 g/mol. The normalized spacial score (nSPS) is 25.4. The minimum atomic E-state index is 0.129. The van der Waals surface area contributed by atoms with E-state index in [9.17, 15) is 4.79 Å². The lowest BCUT2D eigenvalue weighted by molar-refractivity contribution is -0.125. The van der Waals surface area contributed by atoms with E-state index >= 15 is 0 Å². The maximum Gasteiger partial charge on any atom is 0.223 e. The highest BCUT2D eigenvalue weighted by atomic mass is 16.5. The highest BCUT2D eigenvalue weighted by molar-refractivity contribution is 5.78. The fourth-order valence-electron chi connectivity index (χ4n) is 2.56. The fraction of sp³-hybridized carbons (Fsp3) is 0.929. The number of nitrogens with two attached hydrogens (primary N) is 1. The smallest absolute Gasteiger partial charge is 0.223 e. The Morgan fingerprint density at radius 2 is 2.17 bits per heavy atom. The molecule has 0 heterocycles. The highest BCUT2D eigenvalue weighted by Crippen LogP contribution is 2.24. The molecule has 0 aromatic heterocycles. The molecule has 1 rings (SSSR count). The van der Waals surface area contributed by atoms with Crippen molar-refractivity contribution in [2.24, 2.45) is 17.6 Å². The number of nitrogens with one attached hydrogen (secondary N) is 1. The molecule has 0 bridgehead atoms. The van der Waals surface area contributed by atoms with E-state index in [4.69, 9.17) is 10.5 Å². The number of ether oxygens (including phenoxy) is 1. The average Bonchev–Trinajstić information content (AvgIpc) is 2.74. The monoisotopic (exact) mass is 256 g/mol. The standard InChI is InChI=1S/C14H28N2O2/c1-4-18-13(10(2)3)7-8-16-14(17)11-5-6-12(15)9-11/h10-13H,4-9,15H2,1-3H3,(H,16,17). The van der Waals surface area contributed by atoms with Crippen LogP contribution in [-0.2, 0) is 9.53 Å². The van der Waals surface area contributed by atoms with Gasteiger partial charge in [-0.3, -0.25) is 4.79 Å². The van der Waals surface area contributed by atoms with Gasteiger partial charge in [0.15, 0.2) is 0 Å².